The smallest absolute Gasteiger partial charge is 0.222 e. The van der Waals surface area contributed by atoms with Crippen LogP contribution in [0.15, 0.2) is 18.2 Å². The van der Waals surface area contributed by atoms with E-state index in [0.29, 0.717) is 22.8 Å². The Morgan fingerprint density at radius 2 is 1.83 bits per heavy atom. The first-order chi connectivity index (χ1) is 11.5. The van der Waals surface area contributed by atoms with Crippen molar-refractivity contribution in [1.82, 2.24) is 9.97 Å². The molecule has 1 heterocycles. The Morgan fingerprint density at radius 1 is 1.08 bits per heavy atom. The van der Waals surface area contributed by atoms with Gasteiger partial charge in [0.1, 0.15) is 23.4 Å². The number of aryl methyl sites for hydroxylation is 1. The molecular formula is C17H20N4O3. The molecule has 0 bridgehead atoms. The first-order valence-electron chi connectivity index (χ1n) is 7.16. The molecule has 24 heavy (non-hydrogen) atoms. The summed E-state index contributed by atoms with van der Waals surface area (Å²) in [4.78, 5) is 8.00. The Labute approximate surface area is 141 Å². The molecule has 1 atom stereocenters. The summed E-state index contributed by atoms with van der Waals surface area (Å²) < 4.78 is 16.1. The number of ether oxygens (including phenoxy) is 3. The molecule has 7 nitrogen and oxygen atoms in total. The lowest BCUT2D eigenvalue weighted by molar-refractivity contribution is 0.147. The second-order valence-electron chi connectivity index (χ2n) is 4.92. The summed E-state index contributed by atoms with van der Waals surface area (Å²) in [5.41, 5.74) is 13.3. The summed E-state index contributed by atoms with van der Waals surface area (Å²) in [6, 6.07) is 5.42. The van der Waals surface area contributed by atoms with E-state index in [2.05, 4.69) is 21.8 Å². The van der Waals surface area contributed by atoms with E-state index in [1.165, 1.54) is 0 Å². The van der Waals surface area contributed by atoms with Gasteiger partial charge in [0, 0.05) is 12.7 Å². The number of hydrogen-bond donors (Lipinski definition) is 2. The molecule has 2 aromatic rings. The molecule has 0 aliphatic rings. The van der Waals surface area contributed by atoms with Crippen LogP contribution in [0.1, 0.15) is 22.9 Å². The highest BCUT2D eigenvalue weighted by Crippen LogP contribution is 2.31. The Morgan fingerprint density at radius 3 is 2.42 bits per heavy atom. The van der Waals surface area contributed by atoms with Gasteiger partial charge in [0.05, 0.1) is 25.5 Å². The monoisotopic (exact) mass is 328 g/mol. The largest absolute Gasteiger partial charge is 0.497 e. The standard InChI is InChI=1S/C17H20N4O3/c1-10-12(16(18)21-17(19)20-10)6-8-15(24-4)13-9-11(22-2)5-7-14(13)23-3/h5,7,9,15H,1-4H3,(H4,18,19,20,21)/t15-/m0/s1. The van der Waals surface area contributed by atoms with Gasteiger partial charge in [-0.15, -0.1) is 0 Å². The van der Waals surface area contributed by atoms with Crippen LogP contribution in [0.2, 0.25) is 0 Å². The predicted octanol–water partition coefficient (Wildman–Crippen LogP) is 1.71. The van der Waals surface area contributed by atoms with Crippen molar-refractivity contribution in [3.05, 3.63) is 35.0 Å². The third kappa shape index (κ3) is 3.67. The van der Waals surface area contributed by atoms with E-state index >= 15 is 0 Å². The van der Waals surface area contributed by atoms with Gasteiger partial charge in [0.2, 0.25) is 5.95 Å². The highest BCUT2D eigenvalue weighted by molar-refractivity contribution is 5.56. The van der Waals surface area contributed by atoms with Crippen molar-refractivity contribution in [1.29, 1.82) is 0 Å². The van der Waals surface area contributed by atoms with Crippen LogP contribution in [0.25, 0.3) is 0 Å². The van der Waals surface area contributed by atoms with Crippen molar-refractivity contribution in [2.24, 2.45) is 0 Å². The van der Waals surface area contributed by atoms with Gasteiger partial charge in [-0.05, 0) is 25.1 Å². The number of hydrogen-bond acceptors (Lipinski definition) is 7. The van der Waals surface area contributed by atoms with Crippen LogP contribution in [0.3, 0.4) is 0 Å². The van der Waals surface area contributed by atoms with Crippen LogP contribution in [0.4, 0.5) is 11.8 Å². The molecule has 1 aromatic carbocycles. The van der Waals surface area contributed by atoms with Gasteiger partial charge in [-0.25, -0.2) is 4.98 Å². The zero-order chi connectivity index (χ0) is 17.7. The molecule has 1 aromatic heterocycles. The van der Waals surface area contributed by atoms with Gasteiger partial charge in [0.15, 0.2) is 0 Å². The van der Waals surface area contributed by atoms with Crippen LogP contribution in [0.5, 0.6) is 11.5 Å². The lowest BCUT2D eigenvalue weighted by Crippen LogP contribution is -2.06. The van der Waals surface area contributed by atoms with Gasteiger partial charge in [-0.1, -0.05) is 11.8 Å². The van der Waals surface area contributed by atoms with E-state index in [1.54, 1.807) is 40.4 Å². The topological polar surface area (TPSA) is 106 Å². The highest BCUT2D eigenvalue weighted by Gasteiger charge is 2.15. The molecule has 4 N–H and O–H groups in total. The minimum absolute atomic E-state index is 0.119. The molecule has 7 heteroatoms. The van der Waals surface area contributed by atoms with Gasteiger partial charge in [-0.3, -0.25) is 0 Å². The van der Waals surface area contributed by atoms with Gasteiger partial charge < -0.3 is 25.7 Å². The number of aromatic nitrogens is 2. The maximum Gasteiger partial charge on any atom is 0.222 e. The van der Waals surface area contributed by atoms with Gasteiger partial charge in [-0.2, -0.15) is 4.98 Å². The summed E-state index contributed by atoms with van der Waals surface area (Å²) in [6.45, 7) is 1.77. The SMILES string of the molecule is COc1ccc(OC)c([C@H](C#Cc2c(C)nc(N)nc2N)OC)c1. The molecule has 2 rings (SSSR count). The average molecular weight is 328 g/mol. The van der Waals surface area contributed by atoms with Crippen molar-refractivity contribution in [3.63, 3.8) is 0 Å². The number of nitrogens with zero attached hydrogens (tertiary/aromatic N) is 2. The fourth-order valence-electron chi connectivity index (χ4n) is 2.22. The van der Waals surface area contributed by atoms with Crippen LogP contribution in [-0.2, 0) is 4.74 Å². The number of anilines is 2. The molecule has 0 unspecified atom stereocenters. The Balaban J connectivity index is 2.45. The van der Waals surface area contributed by atoms with Crippen LogP contribution in [-0.4, -0.2) is 31.3 Å². The second kappa shape index (κ2) is 7.53. The minimum atomic E-state index is -0.536. The van der Waals surface area contributed by atoms with E-state index in [4.69, 9.17) is 25.7 Å². The fraction of sp³-hybridized carbons (Fsp3) is 0.294. The maximum absolute atomic E-state index is 5.87. The molecule has 0 radical (unpaired) electrons. The van der Waals surface area contributed by atoms with Gasteiger partial charge in [0.25, 0.3) is 0 Å². The van der Waals surface area contributed by atoms with Crippen molar-refractivity contribution < 1.29 is 14.2 Å². The van der Waals surface area contributed by atoms with E-state index in [1.807, 2.05) is 6.07 Å². The lowest BCUT2D eigenvalue weighted by Gasteiger charge is -2.15. The number of rotatable bonds is 4. The van der Waals surface area contributed by atoms with Crippen molar-refractivity contribution in [2.75, 3.05) is 32.8 Å². The molecule has 0 aliphatic carbocycles. The zero-order valence-electron chi connectivity index (χ0n) is 14.1. The van der Waals surface area contributed by atoms with Crippen molar-refractivity contribution >= 4 is 11.8 Å². The van der Waals surface area contributed by atoms with Crippen molar-refractivity contribution in [3.8, 4) is 23.3 Å². The van der Waals surface area contributed by atoms with Crippen LogP contribution in [0, 0.1) is 18.8 Å². The van der Waals surface area contributed by atoms with E-state index < -0.39 is 6.10 Å². The summed E-state index contributed by atoms with van der Waals surface area (Å²) in [5.74, 6) is 7.68. The molecule has 0 aliphatic heterocycles. The quantitative estimate of drug-likeness (QED) is 0.823. The molecule has 0 fully saturated rings. The molecule has 0 saturated heterocycles. The average Bonchev–Trinajstić information content (AvgIpc) is 2.56. The maximum atomic E-state index is 5.87. The third-order valence-corrected chi connectivity index (χ3v) is 3.42. The lowest BCUT2D eigenvalue weighted by atomic mass is 10.1. The molecular weight excluding hydrogens is 308 g/mol. The first-order valence-corrected chi connectivity index (χ1v) is 7.16. The Bertz CT molecular complexity index is 773. The molecule has 0 saturated carbocycles. The number of nitrogens with two attached hydrogens (primary N) is 2. The summed E-state index contributed by atoms with van der Waals surface area (Å²) in [7, 11) is 4.74. The Kier molecular flexibility index (Phi) is 5.45. The first kappa shape index (κ1) is 17.4. The predicted molar refractivity (Wildman–Crippen MR) is 91.8 cm³/mol. The number of nitrogen functional groups attached to an aromatic ring is 2. The third-order valence-electron chi connectivity index (χ3n) is 3.42. The van der Waals surface area contributed by atoms with Crippen molar-refractivity contribution in [2.45, 2.75) is 13.0 Å². The normalized spacial score (nSPS) is 11.3. The number of methoxy groups -OCH3 is 3. The summed E-state index contributed by atoms with van der Waals surface area (Å²) in [5, 5.41) is 0. The van der Waals surface area contributed by atoms with Crippen LogP contribution >= 0.6 is 0 Å². The zero-order valence-corrected chi connectivity index (χ0v) is 14.1. The van der Waals surface area contributed by atoms with E-state index in [-0.39, 0.29) is 11.8 Å². The minimum Gasteiger partial charge on any atom is -0.497 e. The fourth-order valence-corrected chi connectivity index (χ4v) is 2.22. The second-order valence-corrected chi connectivity index (χ2v) is 4.92. The highest BCUT2D eigenvalue weighted by atomic mass is 16.5. The number of benzene rings is 1. The molecule has 0 spiro atoms. The summed E-state index contributed by atoms with van der Waals surface area (Å²) in [6.07, 6.45) is -0.536. The Hall–Kier alpha value is -2.98. The van der Waals surface area contributed by atoms with Crippen LogP contribution < -0.4 is 20.9 Å². The van der Waals surface area contributed by atoms with Gasteiger partial charge >= 0.3 is 0 Å². The molecule has 0 amide bonds. The van der Waals surface area contributed by atoms with E-state index in [9.17, 15) is 0 Å². The van der Waals surface area contributed by atoms with E-state index in [0.717, 1.165) is 5.56 Å². The molecule has 126 valence electrons. The summed E-state index contributed by atoms with van der Waals surface area (Å²) >= 11 is 0.